The number of sulfonamides is 1. The SMILES string of the molecule is Cc1cc(-n2ccnc2)c2cccc(OCc3c(Cl)ccc(S(=O)(=O)N4CCC[C@H]4C(=O)NCCc4ccncc4)c3Cl)c2n1. The highest BCUT2D eigenvalue weighted by atomic mass is 35.5. The van der Waals surface area contributed by atoms with Gasteiger partial charge in [0, 0.05) is 59.5 Å². The molecule has 0 aliphatic carbocycles. The highest BCUT2D eigenvalue weighted by Gasteiger charge is 2.40. The van der Waals surface area contributed by atoms with Crippen LogP contribution < -0.4 is 10.1 Å². The molecule has 10 nitrogen and oxygen atoms in total. The average molecular weight is 666 g/mol. The first-order valence-electron chi connectivity index (χ1n) is 14.4. The summed E-state index contributed by atoms with van der Waals surface area (Å²) in [6, 6.07) is 13.3. The Morgan fingerprint density at radius 2 is 1.91 bits per heavy atom. The van der Waals surface area contributed by atoms with Gasteiger partial charge in [-0.05, 0) is 68.1 Å². The van der Waals surface area contributed by atoms with Crippen molar-refractivity contribution in [2.45, 2.75) is 43.7 Å². The van der Waals surface area contributed by atoms with Crippen molar-refractivity contribution in [1.82, 2.24) is 29.1 Å². The van der Waals surface area contributed by atoms with Crippen LogP contribution in [0.2, 0.25) is 10.0 Å². The number of hydrogen-bond acceptors (Lipinski definition) is 7. The fraction of sp³-hybridized carbons (Fsp3) is 0.250. The molecule has 232 valence electrons. The molecule has 1 fully saturated rings. The van der Waals surface area contributed by atoms with Gasteiger partial charge in [0.1, 0.15) is 28.8 Å². The van der Waals surface area contributed by atoms with E-state index in [4.69, 9.17) is 32.9 Å². The molecule has 4 heterocycles. The second-order valence-electron chi connectivity index (χ2n) is 10.7. The van der Waals surface area contributed by atoms with E-state index in [9.17, 15) is 13.2 Å². The lowest BCUT2D eigenvalue weighted by Crippen LogP contribution is -2.46. The summed E-state index contributed by atoms with van der Waals surface area (Å²) in [7, 11) is -4.14. The molecule has 0 unspecified atom stereocenters. The number of fused-ring (bicyclic) bond motifs is 1. The van der Waals surface area contributed by atoms with Gasteiger partial charge in [-0.15, -0.1) is 0 Å². The quantitative estimate of drug-likeness (QED) is 0.209. The van der Waals surface area contributed by atoms with Crippen LogP contribution in [0.5, 0.6) is 5.75 Å². The zero-order valence-corrected chi connectivity index (χ0v) is 26.7. The molecule has 6 rings (SSSR count). The minimum Gasteiger partial charge on any atom is -0.487 e. The number of ether oxygens (including phenoxy) is 1. The van der Waals surface area contributed by atoms with Crippen LogP contribution in [0.25, 0.3) is 16.6 Å². The van der Waals surface area contributed by atoms with Crippen LogP contribution in [-0.2, 0) is 27.8 Å². The van der Waals surface area contributed by atoms with Crippen LogP contribution in [0.15, 0.2) is 84.5 Å². The Morgan fingerprint density at radius 3 is 2.69 bits per heavy atom. The van der Waals surface area contributed by atoms with Gasteiger partial charge in [-0.2, -0.15) is 4.31 Å². The molecule has 1 saturated heterocycles. The lowest BCUT2D eigenvalue weighted by molar-refractivity contribution is -0.124. The topological polar surface area (TPSA) is 119 Å². The van der Waals surface area contributed by atoms with E-state index in [1.165, 1.54) is 16.4 Å². The van der Waals surface area contributed by atoms with E-state index in [0.717, 1.165) is 22.3 Å². The molecule has 0 saturated carbocycles. The number of amides is 1. The smallest absolute Gasteiger partial charge is 0.245 e. The standard InChI is InChI=1S/C32H30Cl2N6O4S/c1-21-18-27(39-17-15-36-20-39)23-4-2-6-28(31(23)38-21)44-19-24-25(33)7-8-29(30(24)34)45(42,43)40-16-3-5-26(40)32(41)37-14-11-22-9-12-35-13-10-22/h2,4,6-10,12-13,15,17-18,20,26H,3,5,11,14,16,19H2,1H3,(H,37,41)/t26-/m0/s1. The summed E-state index contributed by atoms with van der Waals surface area (Å²) in [4.78, 5) is 25.8. The maximum atomic E-state index is 13.9. The lowest BCUT2D eigenvalue weighted by atomic mass is 10.1. The fourth-order valence-electron chi connectivity index (χ4n) is 5.53. The minimum atomic E-state index is -4.14. The number of pyridine rings is 2. The third kappa shape index (κ3) is 6.39. The van der Waals surface area contributed by atoms with Gasteiger partial charge in [-0.1, -0.05) is 35.3 Å². The Morgan fingerprint density at radius 1 is 1.09 bits per heavy atom. The normalized spacial score (nSPS) is 15.4. The molecule has 0 radical (unpaired) electrons. The van der Waals surface area contributed by atoms with E-state index in [1.54, 1.807) is 31.0 Å². The van der Waals surface area contributed by atoms with Crippen LogP contribution in [-0.4, -0.2) is 57.3 Å². The first-order chi connectivity index (χ1) is 21.7. The van der Waals surface area contributed by atoms with E-state index in [0.29, 0.717) is 42.6 Å². The van der Waals surface area contributed by atoms with Gasteiger partial charge in [0.25, 0.3) is 0 Å². The van der Waals surface area contributed by atoms with E-state index >= 15 is 0 Å². The summed E-state index contributed by atoms with van der Waals surface area (Å²) in [6.07, 6.45) is 10.2. The van der Waals surface area contributed by atoms with E-state index in [2.05, 4.69) is 15.3 Å². The fourth-order valence-corrected chi connectivity index (χ4v) is 8.05. The predicted octanol–water partition coefficient (Wildman–Crippen LogP) is 5.52. The van der Waals surface area contributed by atoms with Crippen molar-refractivity contribution in [1.29, 1.82) is 0 Å². The van der Waals surface area contributed by atoms with Crippen molar-refractivity contribution in [3.8, 4) is 11.4 Å². The van der Waals surface area contributed by atoms with Crippen LogP contribution in [0.1, 0.15) is 29.7 Å². The van der Waals surface area contributed by atoms with Gasteiger partial charge in [-0.3, -0.25) is 9.78 Å². The molecule has 2 aromatic carbocycles. The maximum Gasteiger partial charge on any atom is 0.245 e. The minimum absolute atomic E-state index is 0.0465. The number of aromatic nitrogens is 4. The molecule has 0 bridgehead atoms. The van der Waals surface area contributed by atoms with E-state index in [1.807, 2.05) is 48.0 Å². The summed E-state index contributed by atoms with van der Waals surface area (Å²) in [5.74, 6) is 0.147. The summed E-state index contributed by atoms with van der Waals surface area (Å²) in [5.41, 5.74) is 3.65. The van der Waals surface area contributed by atoms with E-state index < -0.39 is 16.1 Å². The Hall–Kier alpha value is -4.03. The third-order valence-electron chi connectivity index (χ3n) is 7.77. The average Bonchev–Trinajstić information content (AvgIpc) is 3.75. The molecule has 13 heteroatoms. The monoisotopic (exact) mass is 664 g/mol. The molecule has 1 atom stereocenters. The Bertz CT molecular complexity index is 1960. The zero-order valence-electron chi connectivity index (χ0n) is 24.4. The highest BCUT2D eigenvalue weighted by Crippen LogP contribution is 2.37. The number of carbonyl (C=O) groups is 1. The number of para-hydroxylation sites is 1. The summed E-state index contributed by atoms with van der Waals surface area (Å²) in [5, 5.41) is 3.94. The summed E-state index contributed by atoms with van der Waals surface area (Å²) < 4.78 is 37.2. The number of halogens is 2. The van der Waals surface area contributed by atoms with Crippen molar-refractivity contribution >= 4 is 50.0 Å². The number of hydrogen-bond donors (Lipinski definition) is 1. The van der Waals surface area contributed by atoms with Crippen LogP contribution >= 0.6 is 23.2 Å². The summed E-state index contributed by atoms with van der Waals surface area (Å²) >= 11 is 13.3. The summed E-state index contributed by atoms with van der Waals surface area (Å²) in [6.45, 7) is 2.37. The Labute approximate surface area is 271 Å². The number of nitrogens with zero attached hydrogens (tertiary/aromatic N) is 5. The molecule has 3 aromatic heterocycles. The van der Waals surface area contributed by atoms with Crippen molar-refractivity contribution < 1.29 is 17.9 Å². The molecule has 0 spiro atoms. The first kappa shape index (κ1) is 31.0. The molecule has 5 aromatic rings. The number of benzene rings is 2. The third-order valence-corrected chi connectivity index (χ3v) is 10.6. The van der Waals surface area contributed by atoms with Gasteiger partial charge < -0.3 is 14.6 Å². The van der Waals surface area contributed by atoms with Crippen molar-refractivity contribution in [3.05, 3.63) is 107 Å². The number of imidazole rings is 1. The molecular weight excluding hydrogens is 635 g/mol. The van der Waals surface area contributed by atoms with E-state index in [-0.39, 0.29) is 34.0 Å². The first-order valence-corrected chi connectivity index (χ1v) is 16.6. The second-order valence-corrected chi connectivity index (χ2v) is 13.3. The maximum absolute atomic E-state index is 13.9. The van der Waals surface area contributed by atoms with Gasteiger partial charge in [0.15, 0.2) is 0 Å². The molecule has 1 aliphatic rings. The number of nitrogens with one attached hydrogen (secondary N) is 1. The van der Waals surface area contributed by atoms with Crippen LogP contribution in [0.3, 0.4) is 0 Å². The van der Waals surface area contributed by atoms with Crippen molar-refractivity contribution in [2.24, 2.45) is 0 Å². The van der Waals surface area contributed by atoms with Gasteiger partial charge in [0.05, 0.1) is 17.0 Å². The van der Waals surface area contributed by atoms with Gasteiger partial charge >= 0.3 is 0 Å². The molecule has 45 heavy (non-hydrogen) atoms. The number of aryl methyl sites for hydroxylation is 1. The van der Waals surface area contributed by atoms with Crippen molar-refractivity contribution in [2.75, 3.05) is 13.1 Å². The zero-order chi connectivity index (χ0) is 31.6. The molecular formula is C32H30Cl2N6O4S. The molecule has 1 aliphatic heterocycles. The molecule has 1 amide bonds. The second kappa shape index (κ2) is 13.1. The number of carbonyl (C=O) groups excluding carboxylic acids is 1. The number of rotatable bonds is 10. The van der Waals surface area contributed by atoms with Crippen molar-refractivity contribution in [3.63, 3.8) is 0 Å². The van der Waals surface area contributed by atoms with Gasteiger partial charge in [0.2, 0.25) is 15.9 Å². The van der Waals surface area contributed by atoms with Crippen LogP contribution in [0.4, 0.5) is 0 Å². The molecule has 1 N–H and O–H groups in total. The Balaban J connectivity index is 1.22. The highest BCUT2D eigenvalue weighted by molar-refractivity contribution is 7.89. The Kier molecular flexibility index (Phi) is 9.04. The van der Waals surface area contributed by atoms with Crippen LogP contribution in [0, 0.1) is 6.92 Å². The largest absolute Gasteiger partial charge is 0.487 e. The predicted molar refractivity (Wildman–Crippen MR) is 172 cm³/mol. The van der Waals surface area contributed by atoms with Gasteiger partial charge in [-0.25, -0.2) is 18.4 Å². The lowest BCUT2D eigenvalue weighted by Gasteiger charge is -2.24.